The van der Waals surface area contributed by atoms with Gasteiger partial charge in [-0.15, -0.1) is 0 Å². The maximum Gasteiger partial charge on any atom is 0.0498 e. The average molecular weight is 450 g/mol. The van der Waals surface area contributed by atoms with Gasteiger partial charge >= 0.3 is 0 Å². The lowest BCUT2D eigenvalue weighted by molar-refractivity contribution is -0.0393. The second-order valence-electron chi connectivity index (χ2n) is 9.69. The molecule has 28 heavy (non-hydrogen) atoms. The Kier molecular flexibility index (Phi) is 3.20. The van der Waals surface area contributed by atoms with Crippen molar-refractivity contribution >= 4 is 38.3 Å². The Morgan fingerprint density at radius 2 is 1.57 bits per heavy atom. The van der Waals surface area contributed by atoms with Crippen LogP contribution in [0.2, 0.25) is 5.02 Å². The lowest BCUT2D eigenvalue weighted by Gasteiger charge is -2.61. The predicted molar refractivity (Wildman–Crippen MR) is 120 cm³/mol. The topological polar surface area (TPSA) is 0 Å². The van der Waals surface area contributed by atoms with E-state index in [4.69, 9.17) is 11.6 Å². The van der Waals surface area contributed by atoms with Crippen LogP contribution in [-0.2, 0) is 5.41 Å². The van der Waals surface area contributed by atoms with Gasteiger partial charge in [-0.25, -0.2) is 0 Å². The molecule has 1 spiro atoms. The van der Waals surface area contributed by atoms with E-state index < -0.39 is 0 Å². The maximum absolute atomic E-state index is 6.92. The van der Waals surface area contributed by atoms with Crippen LogP contribution in [0.5, 0.6) is 0 Å². The van der Waals surface area contributed by atoms with E-state index >= 15 is 0 Å². The molecule has 5 aliphatic rings. The minimum atomic E-state index is 0.159. The minimum Gasteiger partial charge on any atom is -0.0836 e. The van der Waals surface area contributed by atoms with E-state index in [1.807, 2.05) is 0 Å². The van der Waals surface area contributed by atoms with Crippen LogP contribution in [0.15, 0.2) is 53.0 Å². The van der Waals surface area contributed by atoms with Crippen molar-refractivity contribution in [1.29, 1.82) is 0 Å². The fraction of sp³-hybridized carbons (Fsp3) is 0.385. The monoisotopic (exact) mass is 448 g/mol. The molecular formula is C26H22BrCl. The van der Waals surface area contributed by atoms with Crippen molar-refractivity contribution in [2.24, 2.45) is 23.7 Å². The Balaban J connectivity index is 1.65. The molecule has 3 aromatic carbocycles. The Labute approximate surface area is 179 Å². The molecule has 3 aromatic rings. The first kappa shape index (κ1) is 16.5. The van der Waals surface area contributed by atoms with Crippen molar-refractivity contribution in [2.75, 3.05) is 0 Å². The van der Waals surface area contributed by atoms with Gasteiger partial charge in [-0.05, 0) is 95.4 Å². The van der Waals surface area contributed by atoms with Crippen molar-refractivity contribution in [3.8, 4) is 11.1 Å². The summed E-state index contributed by atoms with van der Waals surface area (Å²) >= 11 is 10.7. The molecule has 0 unspecified atom stereocenters. The average Bonchev–Trinajstić information content (AvgIpc) is 2.97. The molecule has 0 aliphatic heterocycles. The number of rotatable bonds is 0. The van der Waals surface area contributed by atoms with Crippen LogP contribution in [0.1, 0.15) is 43.2 Å². The van der Waals surface area contributed by atoms with Crippen LogP contribution >= 0.6 is 27.5 Å². The van der Waals surface area contributed by atoms with E-state index in [1.54, 1.807) is 5.56 Å². The number of halogens is 2. The van der Waals surface area contributed by atoms with Gasteiger partial charge in [0.1, 0.15) is 0 Å². The summed E-state index contributed by atoms with van der Waals surface area (Å²) in [6.07, 6.45) is 7.09. The van der Waals surface area contributed by atoms with Crippen LogP contribution in [0.4, 0.5) is 0 Å². The highest BCUT2D eigenvalue weighted by Crippen LogP contribution is 2.70. The summed E-state index contributed by atoms with van der Waals surface area (Å²) in [5, 5.41) is 3.74. The smallest absolute Gasteiger partial charge is 0.0498 e. The van der Waals surface area contributed by atoms with Gasteiger partial charge in [0.2, 0.25) is 0 Å². The van der Waals surface area contributed by atoms with E-state index in [9.17, 15) is 0 Å². The van der Waals surface area contributed by atoms with Crippen LogP contribution in [0.3, 0.4) is 0 Å². The Morgan fingerprint density at radius 3 is 2.32 bits per heavy atom. The summed E-state index contributed by atoms with van der Waals surface area (Å²) < 4.78 is 1.13. The molecule has 8 rings (SSSR count). The second kappa shape index (κ2) is 5.43. The summed E-state index contributed by atoms with van der Waals surface area (Å²) in [5.41, 5.74) is 6.00. The molecular weight excluding hydrogens is 428 g/mol. The SMILES string of the molecule is Clc1cc(Br)cc2c1-c1ccc3ccccc3c1C21C2CC3CC(C2)CC1C3. The molecule has 4 saturated carbocycles. The Morgan fingerprint density at radius 1 is 0.857 bits per heavy atom. The van der Waals surface area contributed by atoms with E-state index in [0.29, 0.717) is 0 Å². The number of benzene rings is 3. The maximum atomic E-state index is 6.92. The third-order valence-corrected chi connectivity index (χ3v) is 9.29. The summed E-state index contributed by atoms with van der Waals surface area (Å²) in [7, 11) is 0. The highest BCUT2D eigenvalue weighted by Gasteiger charge is 2.62. The fourth-order valence-corrected chi connectivity index (χ4v) is 8.92. The van der Waals surface area contributed by atoms with Gasteiger partial charge in [-0.1, -0.05) is 63.9 Å². The van der Waals surface area contributed by atoms with Gasteiger partial charge < -0.3 is 0 Å². The summed E-state index contributed by atoms with van der Waals surface area (Å²) in [6.45, 7) is 0. The summed E-state index contributed by atoms with van der Waals surface area (Å²) in [5.74, 6) is 3.44. The lowest BCUT2D eigenvalue weighted by atomic mass is 9.43. The molecule has 4 bridgehead atoms. The molecule has 0 nitrogen and oxygen atoms in total. The fourth-order valence-electron chi connectivity index (χ4n) is 8.01. The standard InChI is InChI=1S/C26H22BrCl/c27-19-12-22-24(23(28)13-19)21-6-5-16-3-1-2-4-20(16)25(21)26(22)17-8-14-7-15(10-17)11-18(26)9-14/h1-6,12-15,17-18H,7-11H2. The molecule has 140 valence electrons. The largest absolute Gasteiger partial charge is 0.0836 e. The van der Waals surface area contributed by atoms with Crippen LogP contribution in [0, 0.1) is 23.7 Å². The molecule has 0 amide bonds. The van der Waals surface area contributed by atoms with Crippen LogP contribution in [0.25, 0.3) is 21.9 Å². The first-order valence-electron chi connectivity index (χ1n) is 10.7. The van der Waals surface area contributed by atoms with E-state index in [2.05, 4.69) is 64.5 Å². The first-order valence-corrected chi connectivity index (χ1v) is 11.9. The lowest BCUT2D eigenvalue weighted by Crippen LogP contribution is -2.55. The van der Waals surface area contributed by atoms with E-state index in [0.717, 1.165) is 33.2 Å². The quantitative estimate of drug-likeness (QED) is 0.326. The van der Waals surface area contributed by atoms with Gasteiger partial charge in [0, 0.05) is 20.5 Å². The number of fused-ring (bicyclic) bond motifs is 5. The Bertz CT molecular complexity index is 1130. The summed E-state index contributed by atoms with van der Waals surface area (Å²) in [4.78, 5) is 0. The molecule has 0 radical (unpaired) electrons. The molecule has 0 saturated heterocycles. The molecule has 5 aliphatic carbocycles. The van der Waals surface area contributed by atoms with E-state index in [1.165, 1.54) is 59.6 Å². The predicted octanol–water partition coefficient (Wildman–Crippen LogP) is 7.98. The first-order chi connectivity index (χ1) is 13.7. The molecule has 2 heteroatoms. The summed E-state index contributed by atoms with van der Waals surface area (Å²) in [6, 6.07) is 18.2. The third kappa shape index (κ3) is 1.84. The zero-order valence-corrected chi connectivity index (χ0v) is 18.1. The zero-order chi connectivity index (χ0) is 18.6. The normalized spacial score (nSPS) is 34.2. The molecule has 0 N–H and O–H groups in total. The molecule has 4 fully saturated rings. The van der Waals surface area contributed by atoms with Gasteiger partial charge in [0.05, 0.1) is 0 Å². The molecule has 0 aromatic heterocycles. The molecule has 0 heterocycles. The highest BCUT2D eigenvalue weighted by atomic mass is 79.9. The van der Waals surface area contributed by atoms with Gasteiger partial charge in [0.25, 0.3) is 0 Å². The van der Waals surface area contributed by atoms with Crippen LogP contribution in [-0.4, -0.2) is 0 Å². The van der Waals surface area contributed by atoms with Gasteiger partial charge in [0.15, 0.2) is 0 Å². The third-order valence-electron chi connectivity index (χ3n) is 8.54. The van der Waals surface area contributed by atoms with Crippen molar-refractivity contribution in [3.63, 3.8) is 0 Å². The van der Waals surface area contributed by atoms with Gasteiger partial charge in [-0.2, -0.15) is 0 Å². The minimum absolute atomic E-state index is 0.159. The van der Waals surface area contributed by atoms with Crippen molar-refractivity contribution in [2.45, 2.75) is 37.5 Å². The van der Waals surface area contributed by atoms with Crippen molar-refractivity contribution < 1.29 is 0 Å². The van der Waals surface area contributed by atoms with Crippen LogP contribution < -0.4 is 0 Å². The molecule has 0 atom stereocenters. The number of hydrogen-bond donors (Lipinski definition) is 0. The van der Waals surface area contributed by atoms with Crippen molar-refractivity contribution in [1.82, 2.24) is 0 Å². The van der Waals surface area contributed by atoms with Gasteiger partial charge in [-0.3, -0.25) is 0 Å². The number of hydrogen-bond acceptors (Lipinski definition) is 0. The van der Waals surface area contributed by atoms with E-state index in [-0.39, 0.29) is 5.41 Å². The highest BCUT2D eigenvalue weighted by molar-refractivity contribution is 9.10. The van der Waals surface area contributed by atoms with Crippen molar-refractivity contribution in [3.05, 3.63) is 69.2 Å². The zero-order valence-electron chi connectivity index (χ0n) is 15.7. The second-order valence-corrected chi connectivity index (χ2v) is 11.0. The Hall–Kier alpha value is -1.31.